The van der Waals surface area contributed by atoms with Crippen molar-refractivity contribution < 1.29 is 9.90 Å². The Morgan fingerprint density at radius 2 is 1.79 bits per heavy atom. The average molecular weight is 480 g/mol. The lowest BCUT2D eigenvalue weighted by Crippen LogP contribution is -2.47. The maximum Gasteiger partial charge on any atom is 0.271 e. The lowest BCUT2D eigenvalue weighted by molar-refractivity contribution is 0.0955. The van der Waals surface area contributed by atoms with Crippen molar-refractivity contribution >= 4 is 29.4 Å². The van der Waals surface area contributed by atoms with Crippen LogP contribution in [0, 0.1) is 13.8 Å². The second-order valence-electron chi connectivity index (χ2n) is 8.54. The molecule has 34 heavy (non-hydrogen) atoms. The highest BCUT2D eigenvalue weighted by Gasteiger charge is 2.19. The van der Waals surface area contributed by atoms with E-state index in [-0.39, 0.29) is 10.8 Å². The molecule has 0 radical (unpaired) electrons. The molecule has 1 aliphatic heterocycles. The number of halogens is 1. The van der Waals surface area contributed by atoms with E-state index in [1.54, 1.807) is 6.21 Å². The molecule has 1 aliphatic rings. The Kier molecular flexibility index (Phi) is 7.55. The second-order valence-corrected chi connectivity index (χ2v) is 8.95. The number of piperazine rings is 1. The van der Waals surface area contributed by atoms with Gasteiger partial charge in [-0.25, -0.2) is 5.43 Å². The van der Waals surface area contributed by atoms with Crippen LogP contribution in [0.5, 0.6) is 5.75 Å². The van der Waals surface area contributed by atoms with Gasteiger partial charge in [0.15, 0.2) is 0 Å². The first-order chi connectivity index (χ1) is 16.4. The van der Waals surface area contributed by atoms with E-state index in [1.165, 1.54) is 29.4 Å². The molecule has 3 aromatic rings. The minimum absolute atomic E-state index is 0.0637. The molecule has 0 spiro atoms. The van der Waals surface area contributed by atoms with Crippen LogP contribution in [0.1, 0.15) is 27.0 Å². The number of aromatic nitrogens is 1. The number of carbonyl (C=O) groups is 1. The summed E-state index contributed by atoms with van der Waals surface area (Å²) < 4.78 is 2.22. The first-order valence-electron chi connectivity index (χ1n) is 11.4. The van der Waals surface area contributed by atoms with Crippen molar-refractivity contribution in [3.05, 3.63) is 82.1 Å². The molecular formula is C26H30ClN5O2. The van der Waals surface area contributed by atoms with Gasteiger partial charge in [0.1, 0.15) is 5.75 Å². The molecule has 2 heterocycles. The summed E-state index contributed by atoms with van der Waals surface area (Å²) in [4.78, 5) is 17.2. The van der Waals surface area contributed by atoms with Gasteiger partial charge in [0, 0.05) is 62.9 Å². The minimum Gasteiger partial charge on any atom is -0.506 e. The van der Waals surface area contributed by atoms with E-state index >= 15 is 0 Å². The van der Waals surface area contributed by atoms with Gasteiger partial charge < -0.3 is 14.6 Å². The summed E-state index contributed by atoms with van der Waals surface area (Å²) in [7, 11) is 0. The summed E-state index contributed by atoms with van der Waals surface area (Å²) in [6.45, 7) is 10.4. The normalized spacial score (nSPS) is 14.6. The number of benzene rings is 2. The third-order valence-corrected chi connectivity index (χ3v) is 6.74. The van der Waals surface area contributed by atoms with Crippen molar-refractivity contribution in [3.63, 3.8) is 0 Å². The Morgan fingerprint density at radius 3 is 2.50 bits per heavy atom. The molecule has 2 N–H and O–H groups in total. The largest absolute Gasteiger partial charge is 0.506 e. The Labute approximate surface area is 205 Å². The molecule has 0 bridgehead atoms. The lowest BCUT2D eigenvalue weighted by atomic mass is 10.0. The van der Waals surface area contributed by atoms with Crippen molar-refractivity contribution in [2.24, 2.45) is 5.10 Å². The predicted molar refractivity (Wildman–Crippen MR) is 137 cm³/mol. The van der Waals surface area contributed by atoms with Gasteiger partial charge in [-0.05, 0) is 66.9 Å². The number of anilines is 1. The molecule has 8 heteroatoms. The minimum atomic E-state index is -0.390. The topological polar surface area (TPSA) is 73.1 Å². The van der Waals surface area contributed by atoms with E-state index in [2.05, 4.69) is 69.3 Å². The number of carbonyl (C=O) groups excluding carboxylic acids is 1. The van der Waals surface area contributed by atoms with Gasteiger partial charge >= 0.3 is 0 Å². The zero-order valence-electron chi connectivity index (χ0n) is 19.5. The zero-order valence-corrected chi connectivity index (χ0v) is 20.3. The number of phenolic OH excluding ortho intramolecular Hbond substituents is 1. The third kappa shape index (κ3) is 5.61. The van der Waals surface area contributed by atoms with Crippen molar-refractivity contribution in [2.45, 2.75) is 20.4 Å². The van der Waals surface area contributed by atoms with Crippen LogP contribution in [0.15, 0.2) is 60.0 Å². The average Bonchev–Trinajstić information content (AvgIpc) is 3.36. The van der Waals surface area contributed by atoms with Gasteiger partial charge in [0.25, 0.3) is 5.91 Å². The fourth-order valence-corrected chi connectivity index (χ4v) is 4.35. The van der Waals surface area contributed by atoms with Crippen LogP contribution in [0.2, 0.25) is 5.02 Å². The predicted octanol–water partition coefficient (Wildman–Crippen LogP) is 4.05. The highest BCUT2D eigenvalue weighted by Crippen LogP contribution is 2.26. The van der Waals surface area contributed by atoms with E-state index in [9.17, 15) is 9.90 Å². The van der Waals surface area contributed by atoms with E-state index in [0.717, 1.165) is 50.4 Å². The van der Waals surface area contributed by atoms with Gasteiger partial charge in [0.05, 0.1) is 11.2 Å². The van der Waals surface area contributed by atoms with E-state index < -0.39 is 5.91 Å². The van der Waals surface area contributed by atoms with Crippen molar-refractivity contribution in [1.82, 2.24) is 14.9 Å². The monoisotopic (exact) mass is 479 g/mol. The number of amides is 1. The zero-order chi connectivity index (χ0) is 24.1. The number of rotatable bonds is 7. The van der Waals surface area contributed by atoms with Gasteiger partial charge in [-0.3, -0.25) is 9.69 Å². The smallest absolute Gasteiger partial charge is 0.271 e. The van der Waals surface area contributed by atoms with E-state index in [4.69, 9.17) is 11.6 Å². The number of hydrazone groups is 1. The molecule has 0 unspecified atom stereocenters. The first-order valence-corrected chi connectivity index (χ1v) is 11.8. The van der Waals surface area contributed by atoms with Crippen molar-refractivity contribution in [3.8, 4) is 5.75 Å². The Balaban J connectivity index is 1.33. The van der Waals surface area contributed by atoms with Crippen LogP contribution in [-0.4, -0.2) is 59.4 Å². The fourth-order valence-electron chi connectivity index (χ4n) is 4.17. The standard InChI is InChI=1S/C26H30ClN5O2/c1-19-20(2)24(32-15-13-31(14-16-32)12-11-30-9-3-4-10-30)7-5-22(19)18-28-29-26(34)21-6-8-25(33)23(27)17-21/h3-10,17-18,33H,11-16H2,1-2H3,(H,29,34). The van der Waals surface area contributed by atoms with Crippen molar-refractivity contribution in [2.75, 3.05) is 37.6 Å². The quantitative estimate of drug-likeness (QED) is 0.396. The van der Waals surface area contributed by atoms with Crippen LogP contribution >= 0.6 is 11.6 Å². The summed E-state index contributed by atoms with van der Waals surface area (Å²) in [5.74, 6) is -0.454. The fraction of sp³-hybridized carbons (Fsp3) is 0.308. The molecule has 4 rings (SSSR count). The van der Waals surface area contributed by atoms with Gasteiger partial charge in [0.2, 0.25) is 0 Å². The summed E-state index contributed by atoms with van der Waals surface area (Å²) in [5, 5.41) is 13.7. The number of hydrogen-bond donors (Lipinski definition) is 2. The van der Waals surface area contributed by atoms with E-state index in [0.29, 0.717) is 5.56 Å². The maximum absolute atomic E-state index is 12.3. The summed E-state index contributed by atoms with van der Waals surface area (Å²) in [6.07, 6.45) is 5.88. The lowest BCUT2D eigenvalue weighted by Gasteiger charge is -2.37. The first kappa shape index (κ1) is 23.9. The molecule has 1 saturated heterocycles. The molecule has 0 saturated carbocycles. The Hall–Kier alpha value is -3.29. The second kappa shape index (κ2) is 10.8. The van der Waals surface area contributed by atoms with E-state index in [1.807, 2.05) is 6.07 Å². The Bertz CT molecular complexity index is 1170. The van der Waals surface area contributed by atoms with Crippen LogP contribution in [-0.2, 0) is 6.54 Å². The maximum atomic E-state index is 12.3. The van der Waals surface area contributed by atoms with Crippen LogP contribution in [0.4, 0.5) is 5.69 Å². The van der Waals surface area contributed by atoms with Crippen LogP contribution < -0.4 is 10.3 Å². The number of nitrogens with one attached hydrogen (secondary N) is 1. The number of nitrogens with zero attached hydrogens (tertiary/aromatic N) is 4. The highest BCUT2D eigenvalue weighted by molar-refractivity contribution is 6.32. The van der Waals surface area contributed by atoms with Crippen molar-refractivity contribution in [1.29, 1.82) is 0 Å². The molecule has 2 aromatic carbocycles. The molecule has 1 aromatic heterocycles. The van der Waals surface area contributed by atoms with Gasteiger partial charge in [-0.15, -0.1) is 0 Å². The number of aromatic hydroxyl groups is 1. The molecule has 0 atom stereocenters. The number of phenols is 1. The van der Waals surface area contributed by atoms with Gasteiger partial charge in [-0.2, -0.15) is 5.10 Å². The molecule has 1 amide bonds. The summed E-state index contributed by atoms with van der Waals surface area (Å²) in [5.41, 5.74) is 7.41. The molecule has 0 aliphatic carbocycles. The summed E-state index contributed by atoms with van der Waals surface area (Å²) in [6, 6.07) is 12.6. The molecular weight excluding hydrogens is 450 g/mol. The van der Waals surface area contributed by atoms with Gasteiger partial charge in [-0.1, -0.05) is 17.7 Å². The molecule has 1 fully saturated rings. The molecule has 178 valence electrons. The highest BCUT2D eigenvalue weighted by atomic mass is 35.5. The Morgan fingerprint density at radius 1 is 1.06 bits per heavy atom. The third-order valence-electron chi connectivity index (χ3n) is 6.43. The SMILES string of the molecule is Cc1c(C=NNC(=O)c2ccc(O)c(Cl)c2)ccc(N2CCN(CCn3cccc3)CC2)c1C. The molecule has 7 nitrogen and oxygen atoms in total. The number of hydrogen-bond acceptors (Lipinski definition) is 5. The van der Waals surface area contributed by atoms with Crippen LogP contribution in [0.25, 0.3) is 0 Å². The summed E-state index contributed by atoms with van der Waals surface area (Å²) >= 11 is 5.87. The van der Waals surface area contributed by atoms with Crippen LogP contribution in [0.3, 0.4) is 0 Å².